The van der Waals surface area contributed by atoms with Crippen molar-refractivity contribution in [3.8, 4) is 17.0 Å². The van der Waals surface area contributed by atoms with Crippen molar-refractivity contribution in [3.63, 3.8) is 0 Å². The summed E-state index contributed by atoms with van der Waals surface area (Å²) in [5.41, 5.74) is 6.98. The fourth-order valence-electron chi connectivity index (χ4n) is 2.88. The van der Waals surface area contributed by atoms with Crippen molar-refractivity contribution in [2.45, 2.75) is 0 Å². The van der Waals surface area contributed by atoms with Crippen LogP contribution < -0.4 is 15.6 Å². The summed E-state index contributed by atoms with van der Waals surface area (Å²) in [6, 6.07) is 18.4. The highest BCUT2D eigenvalue weighted by Gasteiger charge is 2.11. The third-order valence-electron chi connectivity index (χ3n) is 4.34. The molecular weight excluding hydrogens is 384 g/mol. The zero-order valence-electron chi connectivity index (χ0n) is 16.0. The number of fused-ring (bicyclic) bond motifs is 1. The number of hydrogen-bond acceptors (Lipinski definition) is 5. The van der Waals surface area contributed by atoms with E-state index >= 15 is 0 Å². The van der Waals surface area contributed by atoms with E-state index in [-0.39, 0.29) is 5.69 Å². The van der Waals surface area contributed by atoms with Gasteiger partial charge in [0.25, 0.3) is 11.8 Å². The fourth-order valence-corrected chi connectivity index (χ4v) is 2.88. The van der Waals surface area contributed by atoms with E-state index in [2.05, 4.69) is 21.0 Å². The van der Waals surface area contributed by atoms with Crippen molar-refractivity contribution < 1.29 is 18.7 Å². The van der Waals surface area contributed by atoms with Crippen LogP contribution in [-0.4, -0.2) is 29.1 Å². The number of amides is 2. The number of carbonyl (C=O) groups excluding carboxylic acids is 2. The number of ether oxygens (including phenoxy) is 1. The molecule has 8 nitrogen and oxygen atoms in total. The smallest absolute Gasteiger partial charge is 0.287 e. The van der Waals surface area contributed by atoms with Gasteiger partial charge in [0, 0.05) is 17.0 Å². The molecule has 2 amide bonds. The summed E-state index contributed by atoms with van der Waals surface area (Å²) in [6.07, 6.45) is 2.76. The topological polar surface area (TPSA) is 109 Å². The Labute approximate surface area is 171 Å². The third kappa shape index (κ3) is 4.07. The lowest BCUT2D eigenvalue weighted by atomic mass is 10.1. The number of methoxy groups -OCH3 is 1. The monoisotopic (exact) mass is 402 g/mol. The number of hydrogen-bond donors (Lipinski definition) is 3. The van der Waals surface area contributed by atoms with E-state index < -0.39 is 11.8 Å². The van der Waals surface area contributed by atoms with Gasteiger partial charge >= 0.3 is 0 Å². The summed E-state index contributed by atoms with van der Waals surface area (Å²) < 4.78 is 10.9. The van der Waals surface area contributed by atoms with Gasteiger partial charge in [-0.3, -0.25) is 25.5 Å². The molecule has 4 rings (SSSR count). The molecule has 0 aliphatic carbocycles. The SMILES string of the molecule is COc1cccc2cc(/C=C/C(=O)NNC(=O)c3cc(-c4ccccc4)n[nH]3)oc12. The van der Waals surface area contributed by atoms with E-state index in [0.717, 1.165) is 10.9 Å². The highest BCUT2D eigenvalue weighted by Crippen LogP contribution is 2.28. The van der Waals surface area contributed by atoms with Gasteiger partial charge in [0.15, 0.2) is 11.3 Å². The van der Waals surface area contributed by atoms with E-state index in [1.807, 2.05) is 42.5 Å². The maximum absolute atomic E-state index is 12.2. The number of nitrogens with one attached hydrogen (secondary N) is 3. The molecule has 0 saturated heterocycles. The minimum atomic E-state index is -0.515. The summed E-state index contributed by atoms with van der Waals surface area (Å²) in [7, 11) is 1.56. The first-order chi connectivity index (χ1) is 14.6. The molecule has 0 aliphatic rings. The Morgan fingerprint density at radius 2 is 1.90 bits per heavy atom. The lowest BCUT2D eigenvalue weighted by Gasteiger charge is -2.02. The first kappa shape index (κ1) is 19.0. The molecule has 0 bridgehead atoms. The lowest BCUT2D eigenvalue weighted by Crippen LogP contribution is -2.40. The highest BCUT2D eigenvalue weighted by molar-refractivity contribution is 5.97. The Morgan fingerprint density at radius 3 is 2.70 bits per heavy atom. The van der Waals surface area contributed by atoms with Crippen LogP contribution in [0.5, 0.6) is 5.75 Å². The second-order valence-corrected chi connectivity index (χ2v) is 6.34. The Kier molecular flexibility index (Phi) is 5.29. The maximum atomic E-state index is 12.2. The van der Waals surface area contributed by atoms with Gasteiger partial charge in [-0.1, -0.05) is 42.5 Å². The molecule has 2 heterocycles. The molecule has 0 fully saturated rings. The van der Waals surface area contributed by atoms with E-state index in [1.54, 1.807) is 25.3 Å². The standard InChI is InChI=1S/C22H18N4O4/c1-29-19-9-5-8-15-12-16(30-21(15)19)10-11-20(27)25-26-22(28)18-13-17(23-24-18)14-6-3-2-4-7-14/h2-13H,1H3,(H,23,24)(H,25,27)(H,26,28)/b11-10+. The Hall–Kier alpha value is -4.33. The van der Waals surface area contributed by atoms with Crippen LogP contribution in [0.15, 0.2) is 71.2 Å². The lowest BCUT2D eigenvalue weighted by molar-refractivity contribution is -0.117. The van der Waals surface area contributed by atoms with Crippen LogP contribution >= 0.6 is 0 Å². The number of benzene rings is 2. The Balaban J connectivity index is 1.36. The maximum Gasteiger partial charge on any atom is 0.287 e. The highest BCUT2D eigenvalue weighted by atomic mass is 16.5. The first-order valence-corrected chi connectivity index (χ1v) is 9.10. The van der Waals surface area contributed by atoms with Gasteiger partial charge in [0.1, 0.15) is 11.5 Å². The molecular formula is C22H18N4O4. The van der Waals surface area contributed by atoms with Crippen LogP contribution in [0.25, 0.3) is 28.3 Å². The van der Waals surface area contributed by atoms with Crippen molar-refractivity contribution in [2.24, 2.45) is 0 Å². The molecule has 30 heavy (non-hydrogen) atoms. The van der Waals surface area contributed by atoms with Crippen molar-refractivity contribution >= 4 is 28.9 Å². The molecule has 2 aromatic heterocycles. The predicted octanol–water partition coefficient (Wildman–Crippen LogP) is 3.31. The van der Waals surface area contributed by atoms with Gasteiger partial charge in [0.2, 0.25) is 0 Å². The number of H-pyrrole nitrogens is 1. The molecule has 8 heteroatoms. The summed E-state index contributed by atoms with van der Waals surface area (Å²) in [5.74, 6) is 0.0637. The number of para-hydroxylation sites is 1. The zero-order valence-corrected chi connectivity index (χ0v) is 16.0. The van der Waals surface area contributed by atoms with E-state index in [1.165, 1.54) is 12.2 Å². The molecule has 4 aromatic rings. The molecule has 0 radical (unpaired) electrons. The van der Waals surface area contributed by atoms with Crippen molar-refractivity contribution in [2.75, 3.05) is 7.11 Å². The van der Waals surface area contributed by atoms with Gasteiger partial charge in [-0.25, -0.2) is 0 Å². The van der Waals surface area contributed by atoms with Gasteiger partial charge in [-0.05, 0) is 24.3 Å². The number of rotatable bonds is 5. The van der Waals surface area contributed by atoms with E-state index in [9.17, 15) is 9.59 Å². The number of nitrogens with zero attached hydrogens (tertiary/aromatic N) is 1. The van der Waals surface area contributed by atoms with Crippen molar-refractivity contribution in [1.29, 1.82) is 0 Å². The average molecular weight is 402 g/mol. The Bertz CT molecular complexity index is 1220. The van der Waals surface area contributed by atoms with Crippen LogP contribution in [0.3, 0.4) is 0 Å². The van der Waals surface area contributed by atoms with Gasteiger partial charge in [-0.2, -0.15) is 5.10 Å². The summed E-state index contributed by atoms with van der Waals surface area (Å²) in [6.45, 7) is 0. The van der Waals surface area contributed by atoms with E-state index in [4.69, 9.17) is 9.15 Å². The summed E-state index contributed by atoms with van der Waals surface area (Å²) in [5, 5.41) is 7.62. The van der Waals surface area contributed by atoms with Crippen LogP contribution in [0.1, 0.15) is 16.2 Å². The van der Waals surface area contributed by atoms with Gasteiger partial charge in [-0.15, -0.1) is 0 Å². The van der Waals surface area contributed by atoms with Crippen LogP contribution in [0.2, 0.25) is 0 Å². The first-order valence-electron chi connectivity index (χ1n) is 9.10. The van der Waals surface area contributed by atoms with Crippen LogP contribution in [0.4, 0.5) is 0 Å². The van der Waals surface area contributed by atoms with Gasteiger partial charge < -0.3 is 9.15 Å². The second kappa shape index (κ2) is 8.36. The number of hydrazine groups is 1. The molecule has 150 valence electrons. The molecule has 2 aromatic carbocycles. The quantitative estimate of drug-likeness (QED) is 0.351. The normalized spacial score (nSPS) is 11.0. The number of aromatic nitrogens is 2. The summed E-state index contributed by atoms with van der Waals surface area (Å²) >= 11 is 0. The predicted molar refractivity (Wildman–Crippen MR) is 111 cm³/mol. The number of aromatic amines is 1. The molecule has 0 spiro atoms. The molecule has 3 N–H and O–H groups in total. The third-order valence-corrected chi connectivity index (χ3v) is 4.34. The van der Waals surface area contributed by atoms with Crippen molar-refractivity contribution in [3.05, 3.63) is 78.2 Å². The molecule has 0 atom stereocenters. The molecule has 0 unspecified atom stereocenters. The fraction of sp³-hybridized carbons (Fsp3) is 0.0455. The minimum absolute atomic E-state index is 0.225. The van der Waals surface area contributed by atoms with Crippen LogP contribution in [-0.2, 0) is 4.79 Å². The largest absolute Gasteiger partial charge is 0.493 e. The number of carbonyl (C=O) groups is 2. The molecule has 0 aliphatic heterocycles. The Morgan fingerprint density at radius 1 is 1.07 bits per heavy atom. The van der Waals surface area contributed by atoms with Gasteiger partial charge in [0.05, 0.1) is 12.8 Å². The zero-order chi connectivity index (χ0) is 20.9. The van der Waals surface area contributed by atoms with Crippen LogP contribution in [0, 0.1) is 0 Å². The second-order valence-electron chi connectivity index (χ2n) is 6.34. The molecule has 0 saturated carbocycles. The number of furan rings is 1. The minimum Gasteiger partial charge on any atom is -0.493 e. The van der Waals surface area contributed by atoms with Crippen molar-refractivity contribution in [1.82, 2.24) is 21.0 Å². The average Bonchev–Trinajstić information content (AvgIpc) is 3.43. The van der Waals surface area contributed by atoms with E-state index in [0.29, 0.717) is 22.8 Å². The summed E-state index contributed by atoms with van der Waals surface area (Å²) in [4.78, 5) is 24.2.